The quantitative estimate of drug-likeness (QED) is 0.636. The molecule has 0 saturated carbocycles. The molecule has 3 N–H and O–H groups in total. The molecule has 0 spiro atoms. The van der Waals surface area contributed by atoms with Crippen molar-refractivity contribution in [2.45, 2.75) is 19.5 Å². The lowest BCUT2D eigenvalue weighted by Crippen LogP contribution is -2.31. The third-order valence-corrected chi connectivity index (χ3v) is 3.93. The van der Waals surface area contributed by atoms with Crippen LogP contribution in [0.1, 0.15) is 24.2 Å². The van der Waals surface area contributed by atoms with E-state index in [1.165, 1.54) is 0 Å². The maximum absolute atomic E-state index is 6.00. The number of hydrogen-bond donors (Lipinski definition) is 2. The first-order valence-corrected chi connectivity index (χ1v) is 7.30. The summed E-state index contributed by atoms with van der Waals surface area (Å²) in [6.45, 7) is 2.77. The normalized spacial score (nSPS) is 12.4. The summed E-state index contributed by atoms with van der Waals surface area (Å²) in [5, 5.41) is 4.92. The molecule has 5 nitrogen and oxygen atoms in total. The van der Waals surface area contributed by atoms with Crippen molar-refractivity contribution in [3.05, 3.63) is 45.1 Å². The summed E-state index contributed by atoms with van der Waals surface area (Å²) < 4.78 is 8.16. The van der Waals surface area contributed by atoms with Gasteiger partial charge in [0.25, 0.3) is 0 Å². The lowest BCUT2D eigenvalue weighted by atomic mass is 10.0. The fourth-order valence-electron chi connectivity index (χ4n) is 2.15. The van der Waals surface area contributed by atoms with Crippen LogP contribution < -0.4 is 16.0 Å². The van der Waals surface area contributed by atoms with Gasteiger partial charge in [-0.3, -0.25) is 10.5 Å². The van der Waals surface area contributed by atoms with Gasteiger partial charge in [-0.2, -0.15) is 5.10 Å². The van der Waals surface area contributed by atoms with Crippen LogP contribution in [0, 0.1) is 0 Å². The van der Waals surface area contributed by atoms with Gasteiger partial charge in [-0.05, 0) is 35.0 Å². The first-order chi connectivity index (χ1) is 9.62. The van der Waals surface area contributed by atoms with Gasteiger partial charge in [0.1, 0.15) is 5.75 Å². The summed E-state index contributed by atoms with van der Waals surface area (Å²) >= 11 is 9.51. The van der Waals surface area contributed by atoms with E-state index in [9.17, 15) is 0 Å². The Balaban J connectivity index is 2.55. The molecule has 108 valence electrons. The highest BCUT2D eigenvalue weighted by molar-refractivity contribution is 9.10. The molecule has 20 heavy (non-hydrogen) atoms. The highest BCUT2D eigenvalue weighted by Crippen LogP contribution is 2.34. The van der Waals surface area contributed by atoms with Crippen molar-refractivity contribution in [1.82, 2.24) is 15.2 Å². The summed E-state index contributed by atoms with van der Waals surface area (Å²) in [5.74, 6) is 6.43. The number of nitrogens with zero attached hydrogens (tertiary/aromatic N) is 2. The van der Waals surface area contributed by atoms with Crippen LogP contribution >= 0.6 is 27.5 Å². The van der Waals surface area contributed by atoms with Gasteiger partial charge in [0.2, 0.25) is 0 Å². The second-order valence-corrected chi connectivity index (χ2v) is 5.47. The van der Waals surface area contributed by atoms with Gasteiger partial charge in [-0.25, -0.2) is 5.43 Å². The van der Waals surface area contributed by atoms with Crippen molar-refractivity contribution >= 4 is 27.5 Å². The summed E-state index contributed by atoms with van der Waals surface area (Å²) in [7, 11) is 1.61. The Morgan fingerprint density at radius 3 is 2.90 bits per heavy atom. The molecular weight excluding hydrogens is 344 g/mol. The molecule has 0 saturated heterocycles. The van der Waals surface area contributed by atoms with Crippen molar-refractivity contribution in [1.29, 1.82) is 0 Å². The summed E-state index contributed by atoms with van der Waals surface area (Å²) in [4.78, 5) is 0. The fourth-order valence-corrected chi connectivity index (χ4v) is 2.84. The van der Waals surface area contributed by atoms with E-state index >= 15 is 0 Å². The van der Waals surface area contributed by atoms with E-state index in [2.05, 4.69) is 26.5 Å². The molecule has 7 heteroatoms. The molecule has 1 aromatic heterocycles. The molecule has 0 fully saturated rings. The fraction of sp³-hybridized carbons (Fsp3) is 0.308. The summed E-state index contributed by atoms with van der Waals surface area (Å²) in [6, 6.07) is 5.22. The van der Waals surface area contributed by atoms with Gasteiger partial charge in [0.15, 0.2) is 0 Å². The molecule has 1 atom stereocenters. The second kappa shape index (κ2) is 6.58. The Morgan fingerprint density at radius 2 is 2.30 bits per heavy atom. The van der Waals surface area contributed by atoms with Crippen LogP contribution in [-0.2, 0) is 6.54 Å². The number of rotatable bonds is 5. The predicted octanol–water partition coefficient (Wildman–Crippen LogP) is 2.88. The van der Waals surface area contributed by atoms with Crippen molar-refractivity contribution in [2.24, 2.45) is 5.84 Å². The number of aryl methyl sites for hydroxylation is 1. The maximum Gasteiger partial charge on any atom is 0.125 e. The van der Waals surface area contributed by atoms with Gasteiger partial charge in [0.05, 0.1) is 29.5 Å². The number of halogens is 2. The van der Waals surface area contributed by atoms with Gasteiger partial charge in [-0.15, -0.1) is 0 Å². The largest absolute Gasteiger partial charge is 0.496 e. The van der Waals surface area contributed by atoms with E-state index in [-0.39, 0.29) is 6.04 Å². The molecule has 0 aliphatic carbocycles. The van der Waals surface area contributed by atoms with Gasteiger partial charge in [-0.1, -0.05) is 17.7 Å². The SMILES string of the molecule is CCn1ncc(Br)c1C(NN)c1ccc(Cl)cc1OC. The van der Waals surface area contributed by atoms with Crippen LogP contribution in [0.5, 0.6) is 5.75 Å². The average molecular weight is 360 g/mol. The molecule has 1 heterocycles. The molecule has 0 radical (unpaired) electrons. The highest BCUT2D eigenvalue weighted by atomic mass is 79.9. The number of ether oxygens (including phenoxy) is 1. The number of nitrogens with two attached hydrogens (primary N) is 1. The van der Waals surface area contributed by atoms with Crippen LogP contribution in [0.4, 0.5) is 0 Å². The number of methoxy groups -OCH3 is 1. The van der Waals surface area contributed by atoms with Gasteiger partial charge < -0.3 is 4.74 Å². The first-order valence-electron chi connectivity index (χ1n) is 6.13. The van der Waals surface area contributed by atoms with E-state index in [0.717, 1.165) is 22.3 Å². The van der Waals surface area contributed by atoms with Crippen LogP contribution in [0.15, 0.2) is 28.9 Å². The standard InChI is InChI=1S/C13H16BrClN4O/c1-3-19-13(10(14)7-17-19)12(18-16)9-5-4-8(15)6-11(9)20-2/h4-7,12,18H,3,16H2,1-2H3. The third kappa shape index (κ3) is 2.83. The Bertz CT molecular complexity index is 602. The van der Waals surface area contributed by atoms with E-state index in [4.69, 9.17) is 22.2 Å². The molecule has 0 aliphatic rings. The van der Waals surface area contributed by atoms with Gasteiger partial charge in [0, 0.05) is 17.1 Å². The van der Waals surface area contributed by atoms with Crippen LogP contribution in [0.25, 0.3) is 0 Å². The minimum atomic E-state index is -0.251. The first kappa shape index (κ1) is 15.3. The maximum atomic E-state index is 6.00. The Morgan fingerprint density at radius 1 is 1.55 bits per heavy atom. The summed E-state index contributed by atoms with van der Waals surface area (Å²) in [5.41, 5.74) is 4.66. The lowest BCUT2D eigenvalue weighted by molar-refractivity contribution is 0.402. The Kier molecular flexibility index (Phi) is 5.04. The highest BCUT2D eigenvalue weighted by Gasteiger charge is 2.23. The van der Waals surface area contributed by atoms with E-state index in [1.54, 1.807) is 19.4 Å². The predicted molar refractivity (Wildman–Crippen MR) is 82.8 cm³/mol. The van der Waals surface area contributed by atoms with Crippen molar-refractivity contribution in [3.8, 4) is 5.75 Å². The topological polar surface area (TPSA) is 65.1 Å². The van der Waals surface area contributed by atoms with E-state index in [1.807, 2.05) is 23.7 Å². The van der Waals surface area contributed by atoms with E-state index < -0.39 is 0 Å². The smallest absolute Gasteiger partial charge is 0.125 e. The van der Waals surface area contributed by atoms with Crippen molar-refractivity contribution in [3.63, 3.8) is 0 Å². The van der Waals surface area contributed by atoms with Crippen LogP contribution in [0.3, 0.4) is 0 Å². The van der Waals surface area contributed by atoms with Crippen molar-refractivity contribution < 1.29 is 4.74 Å². The molecule has 0 amide bonds. The number of hydrazine groups is 1. The lowest BCUT2D eigenvalue weighted by Gasteiger charge is -2.21. The minimum absolute atomic E-state index is 0.251. The molecule has 0 aliphatic heterocycles. The zero-order valence-corrected chi connectivity index (χ0v) is 13.6. The van der Waals surface area contributed by atoms with E-state index in [0.29, 0.717) is 10.8 Å². The second-order valence-electron chi connectivity index (χ2n) is 4.18. The monoisotopic (exact) mass is 358 g/mol. The molecular formula is C13H16BrClN4O. The van der Waals surface area contributed by atoms with Crippen molar-refractivity contribution in [2.75, 3.05) is 7.11 Å². The number of aromatic nitrogens is 2. The molecule has 1 unspecified atom stereocenters. The zero-order chi connectivity index (χ0) is 14.7. The molecule has 1 aromatic carbocycles. The van der Waals surface area contributed by atoms with Gasteiger partial charge >= 0.3 is 0 Å². The minimum Gasteiger partial charge on any atom is -0.496 e. The zero-order valence-electron chi connectivity index (χ0n) is 11.2. The molecule has 2 rings (SSSR count). The van der Waals surface area contributed by atoms with Crippen LogP contribution in [-0.4, -0.2) is 16.9 Å². The van der Waals surface area contributed by atoms with Crippen LogP contribution in [0.2, 0.25) is 5.02 Å². The number of benzene rings is 1. The molecule has 2 aromatic rings. The molecule has 0 bridgehead atoms. The Labute approximate surface area is 131 Å². The Hall–Kier alpha value is -1.08. The number of hydrogen-bond acceptors (Lipinski definition) is 4. The summed E-state index contributed by atoms with van der Waals surface area (Å²) in [6.07, 6.45) is 1.76. The third-order valence-electron chi connectivity index (χ3n) is 3.08. The number of nitrogens with one attached hydrogen (secondary N) is 1. The average Bonchev–Trinajstić information content (AvgIpc) is 2.82.